The van der Waals surface area contributed by atoms with E-state index in [9.17, 15) is 14.3 Å². The molecule has 0 radical (unpaired) electrons. The molecular formula is C28H33ClFN3O4. The molecule has 1 amide bonds. The number of piperazine rings is 1. The summed E-state index contributed by atoms with van der Waals surface area (Å²) < 4.78 is 27.6. The van der Waals surface area contributed by atoms with Crippen molar-refractivity contribution in [3.8, 4) is 28.4 Å². The second kappa shape index (κ2) is 10.9. The predicted octanol–water partition coefficient (Wildman–Crippen LogP) is 4.16. The highest BCUT2D eigenvalue weighted by molar-refractivity contribution is 6.35. The van der Waals surface area contributed by atoms with Crippen molar-refractivity contribution in [2.45, 2.75) is 25.4 Å². The van der Waals surface area contributed by atoms with Crippen molar-refractivity contribution in [3.05, 3.63) is 53.3 Å². The lowest BCUT2D eigenvalue weighted by Gasteiger charge is -2.39. The maximum atomic E-state index is 14.9. The maximum absolute atomic E-state index is 14.9. The van der Waals surface area contributed by atoms with Gasteiger partial charge in [-0.1, -0.05) is 24.2 Å². The summed E-state index contributed by atoms with van der Waals surface area (Å²) in [6, 6.07) is 5.88. The van der Waals surface area contributed by atoms with Crippen LogP contribution in [-0.4, -0.2) is 84.7 Å². The van der Waals surface area contributed by atoms with Gasteiger partial charge in [-0.3, -0.25) is 9.69 Å². The van der Waals surface area contributed by atoms with Gasteiger partial charge in [-0.2, -0.15) is 0 Å². The smallest absolute Gasteiger partial charge is 0.246 e. The first-order valence-corrected chi connectivity index (χ1v) is 13.2. The molecule has 0 unspecified atom stereocenters. The summed E-state index contributed by atoms with van der Waals surface area (Å²) in [5.41, 5.74) is 1.16. The Hall–Kier alpha value is -2.81. The molecule has 3 aliphatic rings. The zero-order valence-corrected chi connectivity index (χ0v) is 21.8. The SMILES string of the molecule is C=CC(=O)N1CCN2Cc3c(OCC4CCN(C)CC4)cc(-c4c(O)cccc4F)c(Cl)c3OC[C@H]2C1. The monoisotopic (exact) mass is 529 g/mol. The first-order valence-electron chi connectivity index (χ1n) is 12.8. The largest absolute Gasteiger partial charge is 0.507 e. The third-order valence-electron chi connectivity index (χ3n) is 7.73. The molecule has 2 aromatic carbocycles. The zero-order valence-electron chi connectivity index (χ0n) is 21.1. The van der Waals surface area contributed by atoms with Crippen LogP contribution in [0.3, 0.4) is 0 Å². The lowest BCUT2D eigenvalue weighted by molar-refractivity contribution is -0.129. The highest BCUT2D eigenvalue weighted by Gasteiger charge is 2.35. The van der Waals surface area contributed by atoms with Gasteiger partial charge in [0.05, 0.1) is 28.8 Å². The lowest BCUT2D eigenvalue weighted by atomic mass is 9.97. The molecule has 1 N–H and O–H groups in total. The number of halogens is 2. The van der Waals surface area contributed by atoms with E-state index in [4.69, 9.17) is 21.1 Å². The van der Waals surface area contributed by atoms with Crippen LogP contribution in [0.2, 0.25) is 5.02 Å². The summed E-state index contributed by atoms with van der Waals surface area (Å²) >= 11 is 6.85. The molecule has 0 bridgehead atoms. The van der Waals surface area contributed by atoms with Crippen molar-refractivity contribution >= 4 is 17.5 Å². The van der Waals surface area contributed by atoms with E-state index in [-0.39, 0.29) is 28.3 Å². The van der Waals surface area contributed by atoms with Crippen molar-refractivity contribution < 1.29 is 23.8 Å². The van der Waals surface area contributed by atoms with Crippen LogP contribution in [-0.2, 0) is 11.3 Å². The van der Waals surface area contributed by atoms with Gasteiger partial charge < -0.3 is 24.4 Å². The fourth-order valence-electron chi connectivity index (χ4n) is 5.45. The van der Waals surface area contributed by atoms with Crippen LogP contribution in [0.15, 0.2) is 36.9 Å². The highest BCUT2D eigenvalue weighted by Crippen LogP contribution is 2.48. The fourth-order valence-corrected chi connectivity index (χ4v) is 5.76. The quantitative estimate of drug-likeness (QED) is 0.587. The predicted molar refractivity (Wildman–Crippen MR) is 141 cm³/mol. The molecule has 5 rings (SSSR count). The molecule has 9 heteroatoms. The topological polar surface area (TPSA) is 65.5 Å². The van der Waals surface area contributed by atoms with Crippen molar-refractivity contribution in [3.63, 3.8) is 0 Å². The number of benzene rings is 2. The number of likely N-dealkylation sites (tertiary alicyclic amines) is 1. The number of amides is 1. The molecule has 198 valence electrons. The van der Waals surface area contributed by atoms with Crippen molar-refractivity contribution in [2.24, 2.45) is 5.92 Å². The second-order valence-electron chi connectivity index (χ2n) is 10.2. The number of carbonyl (C=O) groups is 1. The molecule has 3 aliphatic heterocycles. The molecular weight excluding hydrogens is 497 g/mol. The molecule has 0 spiro atoms. The van der Waals surface area contributed by atoms with Crippen LogP contribution < -0.4 is 9.47 Å². The third-order valence-corrected chi connectivity index (χ3v) is 8.10. The summed E-state index contributed by atoms with van der Waals surface area (Å²) in [7, 11) is 2.12. The number of carbonyl (C=O) groups excluding carboxylic acids is 1. The summed E-state index contributed by atoms with van der Waals surface area (Å²) in [6.07, 6.45) is 3.43. The molecule has 0 aliphatic carbocycles. The number of nitrogens with zero attached hydrogens (tertiary/aromatic N) is 3. The molecule has 1 atom stereocenters. The number of rotatable bonds is 5. The van der Waals surface area contributed by atoms with Crippen molar-refractivity contribution in [1.82, 2.24) is 14.7 Å². The van der Waals surface area contributed by atoms with Crippen LogP contribution in [0.5, 0.6) is 17.2 Å². The van der Waals surface area contributed by atoms with E-state index in [1.165, 1.54) is 24.3 Å². The first kappa shape index (κ1) is 25.8. The number of phenolic OH excluding ortho intramolecular Hbond substituents is 1. The van der Waals surface area contributed by atoms with Crippen LogP contribution in [0.1, 0.15) is 18.4 Å². The molecule has 37 heavy (non-hydrogen) atoms. The minimum Gasteiger partial charge on any atom is -0.507 e. The molecule has 7 nitrogen and oxygen atoms in total. The lowest BCUT2D eigenvalue weighted by Crippen LogP contribution is -2.55. The standard InChI is InChI=1S/C28H33ClFN3O4/c1-3-25(35)33-12-11-32-15-21-24(36-16-18-7-9-31(2)10-8-18)13-20(26-22(30)5-4-6-23(26)34)27(29)28(21)37-17-19(32)14-33/h3-6,13,18-19,34H,1,7-12,14-17H2,2H3/t19-/m1/s1. The van der Waals surface area contributed by atoms with E-state index in [0.717, 1.165) is 31.5 Å². The Labute approximate surface area is 222 Å². The van der Waals surface area contributed by atoms with Gasteiger partial charge in [0.1, 0.15) is 29.7 Å². The number of piperidine rings is 1. The van der Waals surface area contributed by atoms with Gasteiger partial charge in [-0.05, 0) is 63.2 Å². The Morgan fingerprint density at radius 1 is 1.30 bits per heavy atom. The van der Waals surface area contributed by atoms with E-state index in [1.54, 1.807) is 11.0 Å². The summed E-state index contributed by atoms with van der Waals surface area (Å²) in [5.74, 6) is 0.567. The van der Waals surface area contributed by atoms with Crippen molar-refractivity contribution in [2.75, 3.05) is 53.0 Å². The zero-order chi connectivity index (χ0) is 26.1. The summed E-state index contributed by atoms with van der Waals surface area (Å²) in [6.45, 7) is 8.83. The molecule has 0 saturated carbocycles. The number of ether oxygens (including phenoxy) is 2. The van der Waals surface area contributed by atoms with E-state index in [2.05, 4.69) is 23.4 Å². The van der Waals surface area contributed by atoms with Crippen molar-refractivity contribution in [1.29, 1.82) is 0 Å². The number of fused-ring (bicyclic) bond motifs is 2. The fraction of sp³-hybridized carbons (Fsp3) is 0.464. The summed E-state index contributed by atoms with van der Waals surface area (Å²) in [4.78, 5) is 18.6. The van der Waals surface area contributed by atoms with Gasteiger partial charge in [0.2, 0.25) is 5.91 Å². The number of hydrogen-bond donors (Lipinski definition) is 1. The average molecular weight is 530 g/mol. The van der Waals surface area contributed by atoms with E-state index in [1.807, 2.05) is 0 Å². The Balaban J connectivity index is 1.50. The van der Waals surface area contributed by atoms with E-state index < -0.39 is 5.82 Å². The van der Waals surface area contributed by atoms with Gasteiger partial charge in [-0.25, -0.2) is 4.39 Å². The third kappa shape index (κ3) is 5.28. The van der Waals surface area contributed by atoms with Gasteiger partial charge in [0.25, 0.3) is 0 Å². The second-order valence-corrected chi connectivity index (χ2v) is 10.5. The highest BCUT2D eigenvalue weighted by atomic mass is 35.5. The maximum Gasteiger partial charge on any atom is 0.246 e. The van der Waals surface area contributed by atoms with E-state index >= 15 is 0 Å². The Bertz CT molecular complexity index is 1160. The molecule has 3 heterocycles. The normalized spacial score (nSPS) is 20.9. The molecule has 2 fully saturated rings. The van der Waals surface area contributed by atoms with Crippen LogP contribution in [0.4, 0.5) is 4.39 Å². The number of aromatic hydroxyl groups is 1. The van der Waals surface area contributed by atoms with Gasteiger partial charge >= 0.3 is 0 Å². The minimum atomic E-state index is -0.576. The minimum absolute atomic E-state index is 0.0211. The van der Waals surface area contributed by atoms with Gasteiger partial charge in [-0.15, -0.1) is 0 Å². The Kier molecular flexibility index (Phi) is 7.60. The van der Waals surface area contributed by atoms with E-state index in [0.29, 0.717) is 62.4 Å². The van der Waals surface area contributed by atoms with Crippen LogP contribution in [0, 0.1) is 11.7 Å². The van der Waals surface area contributed by atoms with Gasteiger partial charge in [0, 0.05) is 31.7 Å². The average Bonchev–Trinajstić information content (AvgIpc) is 3.09. The number of hydrogen-bond acceptors (Lipinski definition) is 6. The molecule has 2 aromatic rings. The van der Waals surface area contributed by atoms with Gasteiger partial charge in [0.15, 0.2) is 0 Å². The first-order chi connectivity index (χ1) is 17.9. The Morgan fingerprint density at radius 2 is 2.08 bits per heavy atom. The molecule has 2 saturated heterocycles. The summed E-state index contributed by atoms with van der Waals surface area (Å²) in [5, 5.41) is 10.7. The van der Waals surface area contributed by atoms with Crippen LogP contribution in [0.25, 0.3) is 11.1 Å². The Morgan fingerprint density at radius 3 is 2.81 bits per heavy atom. The number of phenols is 1. The van der Waals surface area contributed by atoms with Crippen LogP contribution >= 0.6 is 11.6 Å². The molecule has 0 aromatic heterocycles.